The molecule has 1 aromatic carbocycles. The molecule has 0 fully saturated rings. The highest BCUT2D eigenvalue weighted by Gasteiger charge is 2.15. The van der Waals surface area contributed by atoms with Gasteiger partial charge in [-0.15, -0.1) is 0 Å². The standard InChI is InChI=1S/C16H22N2O3S/c1-12(2)15(19)8-10-18-22(20,21)11-14-6-3-5-13-7-4-9-17-16(13)14/h3-7,9,12,15,18-19H,8,10-11H2,1-2H3. The average molecular weight is 322 g/mol. The first-order chi connectivity index (χ1) is 10.4. The van der Waals surface area contributed by atoms with Crippen LogP contribution in [0.15, 0.2) is 36.5 Å². The number of benzene rings is 1. The number of fused-ring (bicyclic) bond motifs is 1. The number of nitrogens with zero attached hydrogens (tertiary/aromatic N) is 1. The fraction of sp³-hybridized carbons (Fsp3) is 0.438. The van der Waals surface area contributed by atoms with Gasteiger partial charge in [-0.05, 0) is 24.0 Å². The summed E-state index contributed by atoms with van der Waals surface area (Å²) in [6.07, 6.45) is 1.57. The van der Waals surface area contributed by atoms with Crippen molar-refractivity contribution < 1.29 is 13.5 Å². The van der Waals surface area contributed by atoms with Crippen LogP contribution in [0, 0.1) is 5.92 Å². The molecule has 22 heavy (non-hydrogen) atoms. The van der Waals surface area contributed by atoms with Crippen molar-refractivity contribution in [3.05, 3.63) is 42.1 Å². The Morgan fingerprint density at radius 1 is 1.23 bits per heavy atom. The van der Waals surface area contributed by atoms with E-state index < -0.39 is 16.1 Å². The largest absolute Gasteiger partial charge is 0.393 e. The van der Waals surface area contributed by atoms with E-state index in [-0.39, 0.29) is 18.2 Å². The van der Waals surface area contributed by atoms with E-state index in [0.717, 1.165) is 5.39 Å². The topological polar surface area (TPSA) is 79.3 Å². The molecule has 1 heterocycles. The van der Waals surface area contributed by atoms with Crippen LogP contribution in [0.1, 0.15) is 25.8 Å². The van der Waals surface area contributed by atoms with E-state index >= 15 is 0 Å². The van der Waals surface area contributed by atoms with E-state index in [1.165, 1.54) is 0 Å². The zero-order valence-corrected chi connectivity index (χ0v) is 13.7. The molecule has 6 heteroatoms. The SMILES string of the molecule is CC(C)C(O)CCNS(=O)(=O)Cc1cccc2cccnc12. The molecule has 2 N–H and O–H groups in total. The average Bonchev–Trinajstić information content (AvgIpc) is 2.47. The van der Waals surface area contributed by atoms with Gasteiger partial charge in [-0.1, -0.05) is 38.1 Å². The number of pyridine rings is 1. The molecule has 0 bridgehead atoms. The first-order valence-electron chi connectivity index (χ1n) is 7.37. The summed E-state index contributed by atoms with van der Waals surface area (Å²) >= 11 is 0. The molecule has 0 aliphatic carbocycles. The Morgan fingerprint density at radius 3 is 2.68 bits per heavy atom. The number of para-hydroxylation sites is 1. The first-order valence-corrected chi connectivity index (χ1v) is 9.02. The van der Waals surface area contributed by atoms with E-state index in [0.29, 0.717) is 17.5 Å². The van der Waals surface area contributed by atoms with Crippen LogP contribution in [-0.2, 0) is 15.8 Å². The molecule has 0 radical (unpaired) electrons. The van der Waals surface area contributed by atoms with Crippen molar-refractivity contribution in [1.29, 1.82) is 0 Å². The van der Waals surface area contributed by atoms with Crippen molar-refractivity contribution in [3.8, 4) is 0 Å². The molecule has 120 valence electrons. The van der Waals surface area contributed by atoms with Crippen LogP contribution in [0.25, 0.3) is 10.9 Å². The van der Waals surface area contributed by atoms with Crippen LogP contribution in [0.2, 0.25) is 0 Å². The Hall–Kier alpha value is -1.50. The van der Waals surface area contributed by atoms with Crippen LogP contribution in [0.3, 0.4) is 0 Å². The first kappa shape index (κ1) is 16.9. The highest BCUT2D eigenvalue weighted by Crippen LogP contribution is 2.17. The number of aliphatic hydroxyl groups is 1. The smallest absolute Gasteiger partial charge is 0.215 e. The second-order valence-electron chi connectivity index (χ2n) is 5.75. The molecule has 2 aromatic rings. The van der Waals surface area contributed by atoms with E-state index in [9.17, 15) is 13.5 Å². The van der Waals surface area contributed by atoms with Gasteiger partial charge in [0.25, 0.3) is 0 Å². The number of sulfonamides is 1. The fourth-order valence-electron chi connectivity index (χ4n) is 2.24. The van der Waals surface area contributed by atoms with Crippen LogP contribution < -0.4 is 4.72 Å². The van der Waals surface area contributed by atoms with Gasteiger partial charge in [0.05, 0.1) is 17.4 Å². The lowest BCUT2D eigenvalue weighted by atomic mass is 10.1. The van der Waals surface area contributed by atoms with E-state index in [2.05, 4.69) is 9.71 Å². The number of nitrogens with one attached hydrogen (secondary N) is 1. The van der Waals surface area contributed by atoms with Crippen LogP contribution in [-0.4, -0.2) is 31.2 Å². The second-order valence-corrected chi connectivity index (χ2v) is 7.55. The van der Waals surface area contributed by atoms with Crippen molar-refractivity contribution in [1.82, 2.24) is 9.71 Å². The minimum Gasteiger partial charge on any atom is -0.393 e. The van der Waals surface area contributed by atoms with Gasteiger partial charge >= 0.3 is 0 Å². The normalized spacial score (nSPS) is 13.6. The summed E-state index contributed by atoms with van der Waals surface area (Å²) < 4.78 is 26.9. The number of aliphatic hydroxyl groups excluding tert-OH is 1. The number of hydrogen-bond donors (Lipinski definition) is 2. The Bertz CT molecular complexity index is 724. The minimum atomic E-state index is -3.45. The van der Waals surface area contributed by atoms with Crippen molar-refractivity contribution >= 4 is 20.9 Å². The molecule has 2 rings (SSSR count). The maximum absolute atomic E-state index is 12.2. The Labute approximate surface area is 131 Å². The molecule has 0 amide bonds. The summed E-state index contributed by atoms with van der Waals surface area (Å²) in [6, 6.07) is 9.25. The van der Waals surface area contributed by atoms with Crippen LogP contribution >= 0.6 is 0 Å². The third-order valence-electron chi connectivity index (χ3n) is 3.59. The lowest BCUT2D eigenvalue weighted by Gasteiger charge is -2.14. The summed E-state index contributed by atoms with van der Waals surface area (Å²) in [4.78, 5) is 4.26. The van der Waals surface area contributed by atoms with Crippen molar-refractivity contribution in [2.75, 3.05) is 6.54 Å². The molecular weight excluding hydrogens is 300 g/mol. The van der Waals surface area contributed by atoms with Gasteiger partial charge in [-0.25, -0.2) is 13.1 Å². The number of aromatic nitrogens is 1. The molecule has 0 spiro atoms. The Morgan fingerprint density at radius 2 is 1.95 bits per heavy atom. The fourth-order valence-corrected chi connectivity index (χ4v) is 3.41. The predicted octanol–water partition coefficient (Wildman–Crippen LogP) is 2.06. The zero-order chi connectivity index (χ0) is 16.2. The van der Waals surface area contributed by atoms with Gasteiger partial charge < -0.3 is 5.11 Å². The van der Waals surface area contributed by atoms with E-state index in [4.69, 9.17) is 0 Å². The van der Waals surface area contributed by atoms with Gasteiger partial charge in [0.15, 0.2) is 0 Å². The van der Waals surface area contributed by atoms with Crippen LogP contribution in [0.4, 0.5) is 0 Å². The predicted molar refractivity (Wildman–Crippen MR) is 87.8 cm³/mol. The lowest BCUT2D eigenvalue weighted by molar-refractivity contribution is 0.118. The quantitative estimate of drug-likeness (QED) is 0.818. The van der Waals surface area contributed by atoms with Gasteiger partial charge in [0.1, 0.15) is 0 Å². The summed E-state index contributed by atoms with van der Waals surface area (Å²) in [5, 5.41) is 10.6. The minimum absolute atomic E-state index is 0.112. The third kappa shape index (κ3) is 4.50. The monoisotopic (exact) mass is 322 g/mol. The highest BCUT2D eigenvalue weighted by molar-refractivity contribution is 7.88. The summed E-state index contributed by atoms with van der Waals surface area (Å²) in [7, 11) is -3.45. The maximum atomic E-state index is 12.2. The van der Waals surface area contributed by atoms with Crippen LogP contribution in [0.5, 0.6) is 0 Å². The molecule has 0 aliphatic heterocycles. The summed E-state index contributed by atoms with van der Waals surface area (Å²) in [6.45, 7) is 4.04. The van der Waals surface area contributed by atoms with E-state index in [1.54, 1.807) is 12.3 Å². The van der Waals surface area contributed by atoms with Crippen molar-refractivity contribution in [2.45, 2.75) is 32.1 Å². The molecule has 1 aromatic heterocycles. The second kappa shape index (κ2) is 7.17. The molecule has 0 aliphatic rings. The molecule has 1 unspecified atom stereocenters. The third-order valence-corrected chi connectivity index (χ3v) is 4.93. The molecule has 1 atom stereocenters. The molecule has 5 nitrogen and oxygen atoms in total. The lowest BCUT2D eigenvalue weighted by Crippen LogP contribution is -2.29. The Kier molecular flexibility index (Phi) is 5.50. The van der Waals surface area contributed by atoms with E-state index in [1.807, 2.05) is 38.1 Å². The maximum Gasteiger partial charge on any atom is 0.215 e. The van der Waals surface area contributed by atoms with Crippen molar-refractivity contribution in [3.63, 3.8) is 0 Å². The van der Waals surface area contributed by atoms with Gasteiger partial charge in [-0.3, -0.25) is 4.98 Å². The van der Waals surface area contributed by atoms with Gasteiger partial charge in [0, 0.05) is 18.1 Å². The Balaban J connectivity index is 2.05. The number of hydrogen-bond acceptors (Lipinski definition) is 4. The summed E-state index contributed by atoms with van der Waals surface area (Å²) in [5.41, 5.74) is 1.38. The van der Waals surface area contributed by atoms with Gasteiger partial charge in [-0.2, -0.15) is 0 Å². The van der Waals surface area contributed by atoms with Crippen molar-refractivity contribution in [2.24, 2.45) is 5.92 Å². The molecular formula is C16H22N2O3S. The molecule has 0 saturated heterocycles. The molecule has 0 saturated carbocycles. The summed E-state index contributed by atoms with van der Waals surface area (Å²) in [5.74, 6) is 0.00540. The highest BCUT2D eigenvalue weighted by atomic mass is 32.2. The number of rotatable bonds is 7. The zero-order valence-electron chi connectivity index (χ0n) is 12.9. The van der Waals surface area contributed by atoms with Gasteiger partial charge in [0.2, 0.25) is 10.0 Å².